The van der Waals surface area contributed by atoms with Gasteiger partial charge in [0.05, 0.1) is 11.5 Å². The zero-order valence-corrected chi connectivity index (χ0v) is 12.4. The summed E-state index contributed by atoms with van der Waals surface area (Å²) in [6.07, 6.45) is 0.412. The van der Waals surface area contributed by atoms with E-state index in [1.54, 1.807) is 12.1 Å². The highest BCUT2D eigenvalue weighted by atomic mass is 32.2. The van der Waals surface area contributed by atoms with Gasteiger partial charge in [0.15, 0.2) is 0 Å². The van der Waals surface area contributed by atoms with E-state index >= 15 is 0 Å². The van der Waals surface area contributed by atoms with Crippen molar-refractivity contribution in [2.75, 3.05) is 27.3 Å². The molecule has 6 nitrogen and oxygen atoms in total. The molecule has 0 amide bonds. The SMILES string of the molecule is COCCN(C)S(=O)(=O)c1ccc(CCC(=O)O)cc1. The van der Waals surface area contributed by atoms with Crippen LogP contribution in [-0.2, 0) is 26.0 Å². The first-order valence-electron chi connectivity index (χ1n) is 6.14. The molecule has 0 aliphatic heterocycles. The largest absolute Gasteiger partial charge is 0.481 e. The predicted octanol–water partition coefficient (Wildman–Crippen LogP) is 0.971. The summed E-state index contributed by atoms with van der Waals surface area (Å²) in [5.41, 5.74) is 0.797. The first-order chi connectivity index (χ1) is 9.37. The van der Waals surface area contributed by atoms with Crippen LogP contribution in [0.25, 0.3) is 0 Å². The van der Waals surface area contributed by atoms with E-state index in [4.69, 9.17) is 9.84 Å². The van der Waals surface area contributed by atoms with Crippen molar-refractivity contribution in [3.63, 3.8) is 0 Å². The number of rotatable bonds is 8. The van der Waals surface area contributed by atoms with E-state index in [0.717, 1.165) is 5.56 Å². The third-order valence-corrected chi connectivity index (χ3v) is 4.74. The minimum atomic E-state index is -3.52. The van der Waals surface area contributed by atoms with Gasteiger partial charge in [-0.1, -0.05) is 12.1 Å². The monoisotopic (exact) mass is 301 g/mol. The standard InChI is InChI=1S/C13H19NO5S/c1-14(9-10-19-2)20(17,18)12-6-3-11(4-7-12)5-8-13(15)16/h3-4,6-7H,5,8-10H2,1-2H3,(H,15,16). The molecule has 112 valence electrons. The Bertz CT molecular complexity index is 538. The van der Waals surface area contributed by atoms with Crippen LogP contribution in [0.3, 0.4) is 0 Å². The van der Waals surface area contributed by atoms with Crippen LogP contribution < -0.4 is 0 Å². The van der Waals surface area contributed by atoms with Gasteiger partial charge in [-0.3, -0.25) is 4.79 Å². The van der Waals surface area contributed by atoms with Crippen molar-refractivity contribution in [3.8, 4) is 0 Å². The number of aliphatic carboxylic acids is 1. The number of nitrogens with zero attached hydrogens (tertiary/aromatic N) is 1. The summed E-state index contributed by atoms with van der Waals surface area (Å²) in [7, 11) is -0.518. The van der Waals surface area contributed by atoms with Crippen LogP contribution in [0.1, 0.15) is 12.0 Å². The Hall–Kier alpha value is -1.44. The number of carboxylic acid groups (broad SMARTS) is 1. The van der Waals surface area contributed by atoms with Crippen molar-refractivity contribution in [1.29, 1.82) is 0 Å². The lowest BCUT2D eigenvalue weighted by Crippen LogP contribution is -2.30. The van der Waals surface area contributed by atoms with E-state index in [1.807, 2.05) is 0 Å². The van der Waals surface area contributed by atoms with Gasteiger partial charge >= 0.3 is 5.97 Å². The van der Waals surface area contributed by atoms with Gasteiger partial charge < -0.3 is 9.84 Å². The van der Waals surface area contributed by atoms with Crippen LogP contribution in [0.15, 0.2) is 29.2 Å². The number of likely N-dealkylation sites (N-methyl/N-ethyl adjacent to an activating group) is 1. The van der Waals surface area contributed by atoms with Crippen LogP contribution in [0, 0.1) is 0 Å². The Morgan fingerprint density at radius 3 is 2.40 bits per heavy atom. The van der Waals surface area contributed by atoms with Gasteiger partial charge in [0.25, 0.3) is 0 Å². The Morgan fingerprint density at radius 2 is 1.90 bits per heavy atom. The minimum Gasteiger partial charge on any atom is -0.481 e. The molecule has 1 aromatic rings. The molecule has 1 rings (SSSR count). The van der Waals surface area contributed by atoms with Crippen molar-refractivity contribution in [2.45, 2.75) is 17.7 Å². The maximum Gasteiger partial charge on any atom is 0.303 e. The molecule has 7 heteroatoms. The van der Waals surface area contributed by atoms with Crippen LogP contribution in [0.2, 0.25) is 0 Å². The van der Waals surface area contributed by atoms with Crippen molar-refractivity contribution in [3.05, 3.63) is 29.8 Å². The first kappa shape index (κ1) is 16.6. The van der Waals surface area contributed by atoms with Crippen molar-refractivity contribution in [2.24, 2.45) is 0 Å². The van der Waals surface area contributed by atoms with Crippen LogP contribution in [-0.4, -0.2) is 51.1 Å². The van der Waals surface area contributed by atoms with Crippen LogP contribution in [0.4, 0.5) is 0 Å². The maximum absolute atomic E-state index is 12.2. The quantitative estimate of drug-likeness (QED) is 0.773. The molecule has 20 heavy (non-hydrogen) atoms. The number of carboxylic acids is 1. The molecular formula is C13H19NO5S. The molecule has 0 bridgehead atoms. The second-order valence-electron chi connectivity index (χ2n) is 4.36. The highest BCUT2D eigenvalue weighted by Crippen LogP contribution is 2.15. The molecule has 0 fully saturated rings. The Labute approximate surface area is 119 Å². The number of sulfonamides is 1. The fourth-order valence-electron chi connectivity index (χ4n) is 1.60. The molecule has 0 atom stereocenters. The van der Waals surface area contributed by atoms with Gasteiger partial charge in [0.2, 0.25) is 10.0 Å². The topological polar surface area (TPSA) is 83.9 Å². The minimum absolute atomic E-state index is 0.0276. The summed E-state index contributed by atoms with van der Waals surface area (Å²) >= 11 is 0. The van der Waals surface area contributed by atoms with Crippen LogP contribution in [0.5, 0.6) is 0 Å². The second kappa shape index (κ2) is 7.37. The normalized spacial score (nSPS) is 11.8. The molecule has 0 aromatic heterocycles. The number of hydrogen-bond acceptors (Lipinski definition) is 4. The average molecular weight is 301 g/mol. The second-order valence-corrected chi connectivity index (χ2v) is 6.40. The summed E-state index contributed by atoms with van der Waals surface area (Å²) in [4.78, 5) is 10.7. The molecule has 0 saturated carbocycles. The number of aryl methyl sites for hydroxylation is 1. The molecule has 0 saturated heterocycles. The molecule has 0 aliphatic carbocycles. The summed E-state index contributed by atoms with van der Waals surface area (Å²) in [6, 6.07) is 6.27. The predicted molar refractivity (Wildman–Crippen MR) is 74.1 cm³/mol. The van der Waals surface area contributed by atoms with Gasteiger partial charge in [0.1, 0.15) is 0 Å². The number of ether oxygens (including phenoxy) is 1. The maximum atomic E-state index is 12.2. The number of hydrogen-bond donors (Lipinski definition) is 1. The highest BCUT2D eigenvalue weighted by Gasteiger charge is 2.20. The van der Waals surface area contributed by atoms with E-state index in [9.17, 15) is 13.2 Å². The zero-order chi connectivity index (χ0) is 15.2. The van der Waals surface area contributed by atoms with E-state index in [1.165, 1.54) is 30.6 Å². The molecule has 0 spiro atoms. The smallest absolute Gasteiger partial charge is 0.303 e. The van der Waals surface area contributed by atoms with Crippen molar-refractivity contribution < 1.29 is 23.1 Å². The average Bonchev–Trinajstić information content (AvgIpc) is 2.42. The molecule has 1 N–H and O–H groups in total. The Kier molecular flexibility index (Phi) is 6.12. The molecule has 1 aromatic carbocycles. The third kappa shape index (κ3) is 4.59. The van der Waals surface area contributed by atoms with Gasteiger partial charge in [-0.05, 0) is 24.1 Å². The van der Waals surface area contributed by atoms with Gasteiger partial charge in [-0.25, -0.2) is 8.42 Å². The summed E-state index contributed by atoms with van der Waals surface area (Å²) in [5.74, 6) is -0.874. The fraction of sp³-hybridized carbons (Fsp3) is 0.462. The molecule has 0 unspecified atom stereocenters. The van der Waals surface area contributed by atoms with Gasteiger partial charge in [0, 0.05) is 27.1 Å². The van der Waals surface area contributed by atoms with E-state index in [2.05, 4.69) is 0 Å². The highest BCUT2D eigenvalue weighted by molar-refractivity contribution is 7.89. The summed E-state index contributed by atoms with van der Waals surface area (Å²) < 4.78 is 30.5. The number of benzene rings is 1. The van der Waals surface area contributed by atoms with Crippen LogP contribution >= 0.6 is 0 Å². The number of methoxy groups -OCH3 is 1. The molecule has 0 heterocycles. The van der Waals surface area contributed by atoms with E-state index in [0.29, 0.717) is 13.0 Å². The summed E-state index contributed by atoms with van der Waals surface area (Å²) in [6.45, 7) is 0.603. The molecule has 0 aliphatic rings. The summed E-state index contributed by atoms with van der Waals surface area (Å²) in [5, 5.41) is 8.60. The van der Waals surface area contributed by atoms with Gasteiger partial charge in [-0.15, -0.1) is 0 Å². The molecule has 0 radical (unpaired) electrons. The lowest BCUT2D eigenvalue weighted by Gasteiger charge is -2.16. The third-order valence-electron chi connectivity index (χ3n) is 2.87. The van der Waals surface area contributed by atoms with E-state index < -0.39 is 16.0 Å². The Morgan fingerprint density at radius 1 is 1.30 bits per heavy atom. The number of carbonyl (C=O) groups is 1. The lowest BCUT2D eigenvalue weighted by atomic mass is 10.1. The van der Waals surface area contributed by atoms with Gasteiger partial charge in [-0.2, -0.15) is 4.31 Å². The lowest BCUT2D eigenvalue weighted by molar-refractivity contribution is -0.136. The van der Waals surface area contributed by atoms with Crippen molar-refractivity contribution in [1.82, 2.24) is 4.31 Å². The fourth-order valence-corrected chi connectivity index (χ4v) is 2.75. The molecular weight excluding hydrogens is 282 g/mol. The van der Waals surface area contributed by atoms with E-state index in [-0.39, 0.29) is 17.9 Å². The zero-order valence-electron chi connectivity index (χ0n) is 11.6. The first-order valence-corrected chi connectivity index (χ1v) is 7.58. The van der Waals surface area contributed by atoms with Crippen molar-refractivity contribution >= 4 is 16.0 Å². The Balaban J connectivity index is 2.78.